The third kappa shape index (κ3) is 1.90. The number of fused-ring (bicyclic) bond motifs is 1. The molecular weight excluding hydrogens is 160 g/mol. The monoisotopic (exact) mass is 182 g/mol. The maximum absolute atomic E-state index is 5.49. The van der Waals surface area contributed by atoms with Gasteiger partial charge < -0.3 is 4.74 Å². The third-order valence-corrected chi connectivity index (χ3v) is 4.30. The van der Waals surface area contributed by atoms with Gasteiger partial charge >= 0.3 is 0 Å². The molecule has 76 valence electrons. The highest BCUT2D eigenvalue weighted by molar-refractivity contribution is 4.86. The van der Waals surface area contributed by atoms with Crippen LogP contribution in [0.2, 0.25) is 0 Å². The second-order valence-electron chi connectivity index (χ2n) is 5.00. The molecule has 2 rings (SSSR count). The second-order valence-corrected chi connectivity index (χ2v) is 5.00. The fourth-order valence-corrected chi connectivity index (χ4v) is 3.41. The van der Waals surface area contributed by atoms with Crippen LogP contribution in [0.1, 0.15) is 45.4 Å². The van der Waals surface area contributed by atoms with Gasteiger partial charge in [0.1, 0.15) is 0 Å². The summed E-state index contributed by atoms with van der Waals surface area (Å²) in [6.07, 6.45) is 9.06. The summed E-state index contributed by atoms with van der Waals surface area (Å²) >= 11 is 0. The minimum Gasteiger partial charge on any atom is -0.381 e. The molecule has 2 aliphatic carbocycles. The van der Waals surface area contributed by atoms with Crippen molar-refractivity contribution in [2.45, 2.75) is 51.6 Å². The molecule has 0 aliphatic heterocycles. The molecule has 1 heteroatoms. The minimum atomic E-state index is 0.571. The lowest BCUT2D eigenvalue weighted by molar-refractivity contribution is -0.00277. The standard InChI is InChI=1S/C12H22O/c1-9-4-3-5-10-6-7-11(13-2)8-12(9)10/h9-12H,3-8H2,1-2H3. The number of rotatable bonds is 1. The minimum absolute atomic E-state index is 0.571. The molecule has 0 saturated heterocycles. The molecule has 0 radical (unpaired) electrons. The quantitative estimate of drug-likeness (QED) is 0.605. The van der Waals surface area contributed by atoms with E-state index in [2.05, 4.69) is 6.92 Å². The molecule has 0 bridgehead atoms. The summed E-state index contributed by atoms with van der Waals surface area (Å²) in [6.45, 7) is 2.44. The molecule has 4 atom stereocenters. The first kappa shape index (κ1) is 9.51. The van der Waals surface area contributed by atoms with E-state index in [4.69, 9.17) is 4.74 Å². The lowest BCUT2D eigenvalue weighted by atomic mass is 9.65. The predicted octanol–water partition coefficient (Wildman–Crippen LogP) is 3.24. The van der Waals surface area contributed by atoms with Crippen molar-refractivity contribution in [3.63, 3.8) is 0 Å². The van der Waals surface area contributed by atoms with E-state index in [-0.39, 0.29) is 0 Å². The number of ether oxygens (including phenoxy) is 1. The lowest BCUT2D eigenvalue weighted by Crippen LogP contribution is -2.35. The van der Waals surface area contributed by atoms with Crippen LogP contribution in [-0.2, 0) is 4.74 Å². The Morgan fingerprint density at radius 1 is 1.08 bits per heavy atom. The van der Waals surface area contributed by atoms with E-state index in [1.807, 2.05) is 7.11 Å². The molecule has 0 spiro atoms. The summed E-state index contributed by atoms with van der Waals surface area (Å²) in [5.74, 6) is 2.97. The summed E-state index contributed by atoms with van der Waals surface area (Å²) in [5.41, 5.74) is 0. The van der Waals surface area contributed by atoms with E-state index >= 15 is 0 Å². The molecule has 2 saturated carbocycles. The van der Waals surface area contributed by atoms with Crippen molar-refractivity contribution < 1.29 is 4.74 Å². The van der Waals surface area contributed by atoms with Gasteiger partial charge in [-0.3, -0.25) is 0 Å². The average Bonchev–Trinajstić information content (AvgIpc) is 2.18. The summed E-state index contributed by atoms with van der Waals surface area (Å²) < 4.78 is 5.49. The average molecular weight is 182 g/mol. The third-order valence-electron chi connectivity index (χ3n) is 4.30. The van der Waals surface area contributed by atoms with Crippen LogP contribution < -0.4 is 0 Å². The number of hydrogen-bond acceptors (Lipinski definition) is 1. The molecular formula is C12H22O. The molecule has 0 heterocycles. The van der Waals surface area contributed by atoms with Crippen LogP contribution in [0.15, 0.2) is 0 Å². The van der Waals surface area contributed by atoms with Crippen LogP contribution in [0.3, 0.4) is 0 Å². The van der Waals surface area contributed by atoms with Gasteiger partial charge in [0.25, 0.3) is 0 Å². The Bertz CT molecular complexity index is 167. The zero-order chi connectivity index (χ0) is 9.26. The van der Waals surface area contributed by atoms with Crippen molar-refractivity contribution in [1.29, 1.82) is 0 Å². The Hall–Kier alpha value is -0.0400. The van der Waals surface area contributed by atoms with Crippen molar-refractivity contribution >= 4 is 0 Å². The predicted molar refractivity (Wildman–Crippen MR) is 54.6 cm³/mol. The molecule has 2 aliphatic rings. The van der Waals surface area contributed by atoms with E-state index in [0.717, 1.165) is 17.8 Å². The van der Waals surface area contributed by atoms with Crippen LogP contribution in [0.5, 0.6) is 0 Å². The van der Waals surface area contributed by atoms with Crippen molar-refractivity contribution in [3.05, 3.63) is 0 Å². The zero-order valence-corrected chi connectivity index (χ0v) is 8.96. The molecule has 0 amide bonds. The van der Waals surface area contributed by atoms with Crippen molar-refractivity contribution in [3.8, 4) is 0 Å². The van der Waals surface area contributed by atoms with Crippen LogP contribution in [0, 0.1) is 17.8 Å². The summed E-state index contributed by atoms with van der Waals surface area (Å²) in [5, 5.41) is 0. The topological polar surface area (TPSA) is 9.23 Å². The van der Waals surface area contributed by atoms with Crippen LogP contribution in [-0.4, -0.2) is 13.2 Å². The van der Waals surface area contributed by atoms with E-state index in [0.29, 0.717) is 6.10 Å². The second kappa shape index (κ2) is 4.00. The maximum Gasteiger partial charge on any atom is 0.0574 e. The summed E-state index contributed by atoms with van der Waals surface area (Å²) in [4.78, 5) is 0. The highest BCUT2D eigenvalue weighted by Gasteiger charge is 2.35. The molecule has 0 N–H and O–H groups in total. The van der Waals surface area contributed by atoms with E-state index in [1.54, 1.807) is 0 Å². The van der Waals surface area contributed by atoms with Gasteiger partial charge in [-0.1, -0.05) is 26.2 Å². The first-order valence-electron chi connectivity index (χ1n) is 5.84. The molecule has 1 nitrogen and oxygen atoms in total. The lowest BCUT2D eigenvalue weighted by Gasteiger charge is -2.42. The SMILES string of the molecule is COC1CCC2CCCC(C)C2C1. The van der Waals surface area contributed by atoms with Gasteiger partial charge in [-0.05, 0) is 37.0 Å². The van der Waals surface area contributed by atoms with E-state index in [9.17, 15) is 0 Å². The van der Waals surface area contributed by atoms with Crippen molar-refractivity contribution in [1.82, 2.24) is 0 Å². The Balaban J connectivity index is 1.97. The summed E-state index contributed by atoms with van der Waals surface area (Å²) in [7, 11) is 1.87. The Morgan fingerprint density at radius 2 is 1.92 bits per heavy atom. The van der Waals surface area contributed by atoms with Gasteiger partial charge in [0, 0.05) is 7.11 Å². The normalized spacial score (nSPS) is 45.7. The Labute approximate surface area is 81.9 Å². The fraction of sp³-hybridized carbons (Fsp3) is 1.00. The highest BCUT2D eigenvalue weighted by atomic mass is 16.5. The first-order chi connectivity index (χ1) is 6.31. The Kier molecular flexibility index (Phi) is 2.92. The largest absolute Gasteiger partial charge is 0.381 e. The van der Waals surface area contributed by atoms with Gasteiger partial charge in [-0.25, -0.2) is 0 Å². The molecule has 0 aromatic rings. The maximum atomic E-state index is 5.49. The van der Waals surface area contributed by atoms with Crippen molar-refractivity contribution in [2.75, 3.05) is 7.11 Å². The van der Waals surface area contributed by atoms with Gasteiger partial charge in [-0.15, -0.1) is 0 Å². The van der Waals surface area contributed by atoms with Gasteiger partial charge in [0.2, 0.25) is 0 Å². The van der Waals surface area contributed by atoms with Crippen LogP contribution in [0.4, 0.5) is 0 Å². The molecule has 2 fully saturated rings. The number of methoxy groups -OCH3 is 1. The zero-order valence-electron chi connectivity index (χ0n) is 8.96. The van der Waals surface area contributed by atoms with Crippen LogP contribution >= 0.6 is 0 Å². The number of hydrogen-bond donors (Lipinski definition) is 0. The molecule has 13 heavy (non-hydrogen) atoms. The first-order valence-corrected chi connectivity index (χ1v) is 5.84. The Morgan fingerprint density at radius 3 is 2.69 bits per heavy atom. The molecule has 4 unspecified atom stereocenters. The van der Waals surface area contributed by atoms with E-state index in [1.165, 1.54) is 38.5 Å². The van der Waals surface area contributed by atoms with Crippen molar-refractivity contribution in [2.24, 2.45) is 17.8 Å². The van der Waals surface area contributed by atoms with Gasteiger partial charge in [-0.2, -0.15) is 0 Å². The smallest absolute Gasteiger partial charge is 0.0574 e. The van der Waals surface area contributed by atoms with Gasteiger partial charge in [0.15, 0.2) is 0 Å². The summed E-state index contributed by atoms with van der Waals surface area (Å²) in [6, 6.07) is 0. The fourth-order valence-electron chi connectivity index (χ4n) is 3.41. The molecule has 0 aromatic heterocycles. The van der Waals surface area contributed by atoms with Gasteiger partial charge in [0.05, 0.1) is 6.10 Å². The highest BCUT2D eigenvalue weighted by Crippen LogP contribution is 2.44. The van der Waals surface area contributed by atoms with Crippen LogP contribution in [0.25, 0.3) is 0 Å². The van der Waals surface area contributed by atoms with E-state index < -0.39 is 0 Å². The molecule has 0 aromatic carbocycles.